The van der Waals surface area contributed by atoms with E-state index in [-0.39, 0.29) is 5.69 Å². The van der Waals surface area contributed by atoms with Crippen LogP contribution in [0.3, 0.4) is 0 Å². The zero-order valence-electron chi connectivity index (χ0n) is 10.9. The maximum Gasteiger partial charge on any atom is 0.325 e. The number of aliphatic carboxylic acids is 1. The van der Waals surface area contributed by atoms with Gasteiger partial charge in [-0.2, -0.15) is 0 Å². The summed E-state index contributed by atoms with van der Waals surface area (Å²) in [5.74, 6) is -0.933. The van der Waals surface area contributed by atoms with Gasteiger partial charge in [0, 0.05) is 23.4 Å². The minimum Gasteiger partial charge on any atom is -0.480 e. The Labute approximate surface area is 124 Å². The van der Waals surface area contributed by atoms with Gasteiger partial charge in [-0.05, 0) is 17.2 Å². The Balaban J connectivity index is 2.04. The number of nitrogens with zero attached hydrogens (tertiary/aromatic N) is 1. The molecule has 0 aromatic heterocycles. The van der Waals surface area contributed by atoms with E-state index in [0.717, 1.165) is 10.5 Å². The number of carbonyl (C=O) groups is 1. The number of carboxylic acid groups (broad SMARTS) is 1. The lowest BCUT2D eigenvalue weighted by Crippen LogP contribution is -2.31. The zero-order chi connectivity index (χ0) is 15.0. The Morgan fingerprint density at radius 3 is 2.43 bits per heavy atom. The number of hydrogen-bond acceptors (Lipinski definition) is 4. The molecule has 0 saturated carbocycles. The average molecular weight is 301 g/mol. The predicted molar refractivity (Wildman–Crippen MR) is 78.4 cm³/mol. The standard InChI is InChI=1S/C15H11NO4S/c17-14(18)15(9-10-3-1-2-4-13(10)21-15)11-5-7-12(8-6-11)16(19)20/h1-8H,9H2,(H,17,18). The van der Waals surface area contributed by atoms with E-state index in [1.165, 1.54) is 36.0 Å². The van der Waals surface area contributed by atoms with Gasteiger partial charge in [0.15, 0.2) is 0 Å². The minimum atomic E-state index is -1.11. The minimum absolute atomic E-state index is 0.0419. The molecule has 1 N–H and O–H groups in total. The van der Waals surface area contributed by atoms with E-state index in [1.807, 2.05) is 24.3 Å². The summed E-state index contributed by atoms with van der Waals surface area (Å²) in [5, 5.41) is 20.4. The van der Waals surface area contributed by atoms with E-state index >= 15 is 0 Å². The molecule has 0 saturated heterocycles. The molecular weight excluding hydrogens is 290 g/mol. The molecule has 106 valence electrons. The van der Waals surface area contributed by atoms with Gasteiger partial charge in [0.05, 0.1) is 4.92 Å². The third-order valence-corrected chi connectivity index (χ3v) is 5.11. The Kier molecular flexibility index (Phi) is 3.17. The number of nitro benzene ring substituents is 1. The van der Waals surface area contributed by atoms with Gasteiger partial charge >= 0.3 is 5.97 Å². The first-order valence-electron chi connectivity index (χ1n) is 6.28. The van der Waals surface area contributed by atoms with E-state index in [2.05, 4.69) is 0 Å². The average Bonchev–Trinajstić information content (AvgIpc) is 2.88. The second-order valence-corrected chi connectivity index (χ2v) is 6.16. The molecule has 1 unspecified atom stereocenters. The number of carboxylic acids is 1. The van der Waals surface area contributed by atoms with Crippen molar-refractivity contribution in [2.24, 2.45) is 0 Å². The van der Waals surface area contributed by atoms with E-state index in [4.69, 9.17) is 0 Å². The van der Waals surface area contributed by atoms with E-state index in [1.54, 1.807) is 0 Å². The van der Waals surface area contributed by atoms with Gasteiger partial charge in [-0.15, -0.1) is 11.8 Å². The molecule has 1 atom stereocenters. The third-order valence-electron chi connectivity index (χ3n) is 3.59. The predicted octanol–water partition coefficient (Wildman–Crippen LogP) is 3.22. The summed E-state index contributed by atoms with van der Waals surface area (Å²) in [6.07, 6.45) is 0.376. The van der Waals surface area contributed by atoms with Crippen molar-refractivity contribution < 1.29 is 14.8 Å². The number of benzene rings is 2. The second kappa shape index (κ2) is 4.89. The largest absolute Gasteiger partial charge is 0.480 e. The second-order valence-electron chi connectivity index (χ2n) is 4.82. The Morgan fingerprint density at radius 2 is 1.86 bits per heavy atom. The first kappa shape index (κ1) is 13.6. The Hall–Kier alpha value is -2.34. The molecule has 1 aliphatic heterocycles. The molecule has 0 amide bonds. The van der Waals surface area contributed by atoms with Crippen LogP contribution in [0.2, 0.25) is 0 Å². The van der Waals surface area contributed by atoms with Gasteiger partial charge in [-0.25, -0.2) is 0 Å². The van der Waals surface area contributed by atoms with Crippen LogP contribution in [0.5, 0.6) is 0 Å². The van der Waals surface area contributed by atoms with Crippen molar-refractivity contribution in [2.75, 3.05) is 0 Å². The monoisotopic (exact) mass is 301 g/mol. The van der Waals surface area contributed by atoms with E-state index in [0.29, 0.717) is 12.0 Å². The zero-order valence-corrected chi connectivity index (χ0v) is 11.7. The highest BCUT2D eigenvalue weighted by Crippen LogP contribution is 2.51. The Bertz CT molecular complexity index is 702. The number of thioether (sulfide) groups is 1. The SMILES string of the molecule is O=C(O)C1(c2ccc([N+](=O)[O-])cc2)Cc2ccccc2S1. The molecule has 6 heteroatoms. The lowest BCUT2D eigenvalue weighted by molar-refractivity contribution is -0.384. The lowest BCUT2D eigenvalue weighted by atomic mass is 9.91. The van der Waals surface area contributed by atoms with Crippen LogP contribution in [0.4, 0.5) is 5.69 Å². The van der Waals surface area contributed by atoms with Crippen molar-refractivity contribution in [2.45, 2.75) is 16.1 Å². The molecule has 2 aromatic rings. The summed E-state index contributed by atoms with van der Waals surface area (Å²) in [4.78, 5) is 23.0. The van der Waals surface area contributed by atoms with Crippen molar-refractivity contribution >= 4 is 23.4 Å². The maximum atomic E-state index is 11.9. The highest BCUT2D eigenvalue weighted by Gasteiger charge is 2.46. The van der Waals surface area contributed by atoms with E-state index in [9.17, 15) is 20.0 Å². The number of non-ortho nitro benzene ring substituents is 1. The van der Waals surface area contributed by atoms with Gasteiger partial charge < -0.3 is 5.11 Å². The van der Waals surface area contributed by atoms with Crippen LogP contribution in [0.1, 0.15) is 11.1 Å². The fourth-order valence-electron chi connectivity index (χ4n) is 2.50. The molecule has 2 aromatic carbocycles. The quantitative estimate of drug-likeness (QED) is 0.695. The summed E-state index contributed by atoms with van der Waals surface area (Å²) in [6.45, 7) is 0. The topological polar surface area (TPSA) is 80.4 Å². The number of nitro groups is 1. The summed E-state index contributed by atoms with van der Waals surface area (Å²) in [5.41, 5.74) is 1.52. The van der Waals surface area contributed by atoms with Crippen LogP contribution in [-0.2, 0) is 16.0 Å². The van der Waals surface area contributed by atoms with Crippen LogP contribution < -0.4 is 0 Å². The summed E-state index contributed by atoms with van der Waals surface area (Å²) in [6, 6.07) is 13.3. The first-order valence-corrected chi connectivity index (χ1v) is 7.10. The van der Waals surface area contributed by atoms with Gasteiger partial charge in [0.1, 0.15) is 4.75 Å². The van der Waals surface area contributed by atoms with Crippen molar-refractivity contribution in [3.63, 3.8) is 0 Å². The molecule has 0 aliphatic carbocycles. The van der Waals surface area contributed by atoms with Crippen LogP contribution in [0, 0.1) is 10.1 Å². The van der Waals surface area contributed by atoms with Crippen LogP contribution in [-0.4, -0.2) is 16.0 Å². The van der Waals surface area contributed by atoms with Crippen molar-refractivity contribution in [1.29, 1.82) is 0 Å². The molecule has 0 bridgehead atoms. The fourth-order valence-corrected chi connectivity index (χ4v) is 3.86. The molecule has 3 rings (SSSR count). The van der Waals surface area contributed by atoms with Crippen LogP contribution in [0.15, 0.2) is 53.4 Å². The van der Waals surface area contributed by atoms with Crippen LogP contribution in [0.25, 0.3) is 0 Å². The van der Waals surface area contributed by atoms with Gasteiger partial charge in [-0.1, -0.05) is 30.3 Å². The smallest absolute Gasteiger partial charge is 0.325 e. The molecule has 0 fully saturated rings. The van der Waals surface area contributed by atoms with Crippen molar-refractivity contribution in [3.05, 3.63) is 69.8 Å². The first-order chi connectivity index (χ1) is 10.0. The number of rotatable bonds is 3. The normalized spacial score (nSPS) is 20.0. The molecule has 5 nitrogen and oxygen atoms in total. The highest BCUT2D eigenvalue weighted by molar-refractivity contribution is 8.01. The van der Waals surface area contributed by atoms with Gasteiger partial charge in [-0.3, -0.25) is 14.9 Å². The summed E-state index contributed by atoms with van der Waals surface area (Å²) < 4.78 is -1.11. The number of fused-ring (bicyclic) bond motifs is 1. The molecule has 1 aliphatic rings. The van der Waals surface area contributed by atoms with Gasteiger partial charge in [0.25, 0.3) is 5.69 Å². The van der Waals surface area contributed by atoms with Crippen molar-refractivity contribution in [1.82, 2.24) is 0 Å². The third kappa shape index (κ3) is 2.17. The highest BCUT2D eigenvalue weighted by atomic mass is 32.2. The molecular formula is C15H11NO4S. The summed E-state index contributed by atoms with van der Waals surface area (Å²) >= 11 is 1.29. The molecule has 0 spiro atoms. The maximum absolute atomic E-state index is 11.9. The fraction of sp³-hybridized carbons (Fsp3) is 0.133. The lowest BCUT2D eigenvalue weighted by Gasteiger charge is -2.23. The Morgan fingerprint density at radius 1 is 1.19 bits per heavy atom. The summed E-state index contributed by atoms with van der Waals surface area (Å²) in [7, 11) is 0. The van der Waals surface area contributed by atoms with Gasteiger partial charge in [0.2, 0.25) is 0 Å². The molecule has 21 heavy (non-hydrogen) atoms. The van der Waals surface area contributed by atoms with E-state index < -0.39 is 15.6 Å². The molecule has 0 radical (unpaired) electrons. The number of hydrogen-bond donors (Lipinski definition) is 1. The molecule has 1 heterocycles. The van der Waals surface area contributed by atoms with Crippen molar-refractivity contribution in [3.8, 4) is 0 Å². The van der Waals surface area contributed by atoms with Crippen LogP contribution >= 0.6 is 11.8 Å².